The minimum absolute atomic E-state index is 0. The second-order valence-electron chi connectivity index (χ2n) is 7.99. The Morgan fingerprint density at radius 1 is 0.636 bits per heavy atom. The van der Waals surface area contributed by atoms with E-state index in [2.05, 4.69) is 27.7 Å². The quantitative estimate of drug-likeness (QED) is 0.245. The molecule has 0 saturated heterocycles. The van der Waals surface area contributed by atoms with Gasteiger partial charge in [-0.25, -0.2) is 0 Å². The SMILES string of the molecule is CCCCC(CC)COC(=O)CCC(=O)O.CCCCC(CC)COC(=O)CCC(=O)O.S. The fourth-order valence-corrected chi connectivity index (χ4v) is 2.78. The molecular formula is C24H46O8S. The van der Waals surface area contributed by atoms with Crippen molar-refractivity contribution in [2.24, 2.45) is 11.8 Å². The van der Waals surface area contributed by atoms with E-state index in [9.17, 15) is 19.2 Å². The highest BCUT2D eigenvalue weighted by molar-refractivity contribution is 7.59. The molecule has 0 aliphatic carbocycles. The molecule has 0 spiro atoms. The van der Waals surface area contributed by atoms with E-state index < -0.39 is 23.9 Å². The van der Waals surface area contributed by atoms with Crippen LogP contribution in [0.25, 0.3) is 0 Å². The van der Waals surface area contributed by atoms with Crippen LogP contribution in [-0.4, -0.2) is 47.3 Å². The van der Waals surface area contributed by atoms with Gasteiger partial charge in [0.05, 0.1) is 38.9 Å². The Kier molecular flexibility index (Phi) is 27.0. The molecule has 33 heavy (non-hydrogen) atoms. The molecule has 0 rings (SSSR count). The maximum absolute atomic E-state index is 11.2. The molecule has 2 unspecified atom stereocenters. The first-order valence-electron chi connectivity index (χ1n) is 11.9. The van der Waals surface area contributed by atoms with Crippen LogP contribution in [0, 0.1) is 11.8 Å². The molecule has 0 amide bonds. The van der Waals surface area contributed by atoms with Gasteiger partial charge in [0.1, 0.15) is 0 Å². The number of carboxylic acid groups (broad SMARTS) is 2. The lowest BCUT2D eigenvalue weighted by Gasteiger charge is -2.14. The van der Waals surface area contributed by atoms with E-state index >= 15 is 0 Å². The molecule has 0 radical (unpaired) electrons. The third-order valence-electron chi connectivity index (χ3n) is 5.13. The molecule has 0 fully saturated rings. The molecule has 0 heterocycles. The number of hydrogen-bond acceptors (Lipinski definition) is 6. The second kappa shape index (κ2) is 24.9. The summed E-state index contributed by atoms with van der Waals surface area (Å²) in [6, 6.07) is 0. The second-order valence-corrected chi connectivity index (χ2v) is 7.99. The largest absolute Gasteiger partial charge is 0.481 e. The first-order chi connectivity index (χ1) is 15.2. The Balaban J connectivity index is -0.000000529. The highest BCUT2D eigenvalue weighted by Crippen LogP contribution is 2.14. The van der Waals surface area contributed by atoms with E-state index in [0.29, 0.717) is 25.0 Å². The van der Waals surface area contributed by atoms with Crippen LogP contribution in [0.5, 0.6) is 0 Å². The number of hydrogen-bond donors (Lipinski definition) is 2. The van der Waals surface area contributed by atoms with Crippen molar-refractivity contribution < 1.29 is 38.9 Å². The van der Waals surface area contributed by atoms with Gasteiger partial charge >= 0.3 is 23.9 Å². The van der Waals surface area contributed by atoms with Gasteiger partial charge in [-0.1, -0.05) is 66.2 Å². The molecule has 0 bridgehead atoms. The van der Waals surface area contributed by atoms with Crippen LogP contribution in [-0.2, 0) is 28.7 Å². The van der Waals surface area contributed by atoms with Gasteiger partial charge in [-0.3, -0.25) is 19.2 Å². The predicted octanol–water partition coefficient (Wildman–Crippen LogP) is 5.33. The lowest BCUT2D eigenvalue weighted by molar-refractivity contribution is -0.149. The molecule has 0 aromatic rings. The fraction of sp³-hybridized carbons (Fsp3) is 0.833. The summed E-state index contributed by atoms with van der Waals surface area (Å²) in [5, 5.41) is 16.8. The maximum atomic E-state index is 11.2. The van der Waals surface area contributed by atoms with Crippen molar-refractivity contribution in [3.05, 3.63) is 0 Å². The Morgan fingerprint density at radius 2 is 0.970 bits per heavy atom. The maximum Gasteiger partial charge on any atom is 0.306 e. The van der Waals surface area contributed by atoms with Crippen molar-refractivity contribution in [1.82, 2.24) is 0 Å². The number of carbonyl (C=O) groups is 4. The van der Waals surface area contributed by atoms with Crippen molar-refractivity contribution in [3.8, 4) is 0 Å². The van der Waals surface area contributed by atoms with Crippen LogP contribution in [0.1, 0.15) is 105 Å². The average Bonchev–Trinajstić information content (AvgIpc) is 2.76. The van der Waals surface area contributed by atoms with Gasteiger partial charge < -0.3 is 19.7 Å². The molecule has 2 N–H and O–H groups in total. The topological polar surface area (TPSA) is 127 Å². The van der Waals surface area contributed by atoms with E-state index in [1.807, 2.05) is 0 Å². The van der Waals surface area contributed by atoms with Gasteiger partial charge in [0.15, 0.2) is 0 Å². The number of rotatable bonds is 18. The normalized spacial score (nSPS) is 11.8. The summed E-state index contributed by atoms with van der Waals surface area (Å²) in [6.45, 7) is 9.26. The summed E-state index contributed by atoms with van der Waals surface area (Å²) in [6.07, 6.45) is 8.34. The van der Waals surface area contributed by atoms with E-state index in [1.165, 1.54) is 0 Å². The third kappa shape index (κ3) is 26.4. The van der Waals surface area contributed by atoms with Crippen LogP contribution >= 0.6 is 13.5 Å². The van der Waals surface area contributed by atoms with Crippen LogP contribution in [0.2, 0.25) is 0 Å². The zero-order chi connectivity index (χ0) is 24.8. The van der Waals surface area contributed by atoms with Crippen molar-refractivity contribution in [2.45, 2.75) is 105 Å². The van der Waals surface area contributed by atoms with Crippen molar-refractivity contribution in [2.75, 3.05) is 13.2 Å². The van der Waals surface area contributed by atoms with Crippen molar-refractivity contribution >= 4 is 37.4 Å². The zero-order valence-corrected chi connectivity index (χ0v) is 21.9. The van der Waals surface area contributed by atoms with E-state index in [0.717, 1.165) is 51.4 Å². The number of unbranched alkanes of at least 4 members (excludes halogenated alkanes) is 2. The standard InChI is InChI=1S/2C12H22O4.H2S/c2*1-3-5-6-10(4-2)9-16-12(15)8-7-11(13)14;/h2*10H,3-9H2,1-2H3,(H,13,14);1H2. The van der Waals surface area contributed by atoms with Gasteiger partial charge in [-0.05, 0) is 24.7 Å². The number of ether oxygens (including phenoxy) is 2. The van der Waals surface area contributed by atoms with E-state index in [1.54, 1.807) is 0 Å². The minimum Gasteiger partial charge on any atom is -0.481 e. The summed E-state index contributed by atoms with van der Waals surface area (Å²) < 4.78 is 10.1. The Labute approximate surface area is 206 Å². The van der Waals surface area contributed by atoms with Crippen LogP contribution in [0.15, 0.2) is 0 Å². The van der Waals surface area contributed by atoms with E-state index in [-0.39, 0.29) is 39.2 Å². The fourth-order valence-electron chi connectivity index (χ4n) is 2.78. The number of carbonyl (C=O) groups excluding carboxylic acids is 2. The molecule has 0 saturated carbocycles. The van der Waals surface area contributed by atoms with Gasteiger partial charge in [0.2, 0.25) is 0 Å². The first-order valence-corrected chi connectivity index (χ1v) is 11.9. The predicted molar refractivity (Wildman–Crippen MR) is 133 cm³/mol. The van der Waals surface area contributed by atoms with Crippen molar-refractivity contribution in [1.29, 1.82) is 0 Å². The van der Waals surface area contributed by atoms with Crippen LogP contribution in [0.4, 0.5) is 0 Å². The molecule has 9 heteroatoms. The molecule has 8 nitrogen and oxygen atoms in total. The smallest absolute Gasteiger partial charge is 0.306 e. The lowest BCUT2D eigenvalue weighted by Crippen LogP contribution is -2.14. The summed E-state index contributed by atoms with van der Waals surface area (Å²) in [5.74, 6) is -1.91. The van der Waals surface area contributed by atoms with Gasteiger partial charge in [0.25, 0.3) is 0 Å². The summed E-state index contributed by atoms with van der Waals surface area (Å²) in [5.41, 5.74) is 0. The molecule has 0 aromatic heterocycles. The first kappa shape index (κ1) is 35.8. The molecule has 0 aromatic carbocycles. The minimum atomic E-state index is -0.963. The highest BCUT2D eigenvalue weighted by Gasteiger charge is 2.12. The molecule has 0 aliphatic heterocycles. The Bertz CT molecular complexity index is 479. The van der Waals surface area contributed by atoms with Crippen LogP contribution < -0.4 is 0 Å². The average molecular weight is 495 g/mol. The number of esters is 2. The van der Waals surface area contributed by atoms with Gasteiger partial charge in [-0.2, -0.15) is 13.5 Å². The molecular weight excluding hydrogens is 448 g/mol. The summed E-state index contributed by atoms with van der Waals surface area (Å²) in [4.78, 5) is 42.8. The van der Waals surface area contributed by atoms with Crippen LogP contribution in [0.3, 0.4) is 0 Å². The number of aliphatic carboxylic acids is 2. The number of carboxylic acids is 2. The molecule has 2 atom stereocenters. The Morgan fingerprint density at radius 3 is 1.21 bits per heavy atom. The lowest BCUT2D eigenvalue weighted by atomic mass is 10.0. The summed E-state index contributed by atoms with van der Waals surface area (Å²) >= 11 is 0. The van der Waals surface area contributed by atoms with Gasteiger partial charge in [0, 0.05) is 0 Å². The molecule has 0 aliphatic rings. The Hall–Kier alpha value is -1.77. The van der Waals surface area contributed by atoms with Gasteiger partial charge in [-0.15, -0.1) is 0 Å². The third-order valence-corrected chi connectivity index (χ3v) is 5.13. The van der Waals surface area contributed by atoms with E-state index in [4.69, 9.17) is 19.7 Å². The highest BCUT2D eigenvalue weighted by atomic mass is 32.1. The molecule has 196 valence electrons. The zero-order valence-electron chi connectivity index (χ0n) is 20.9. The summed E-state index contributed by atoms with van der Waals surface area (Å²) in [7, 11) is 0. The monoisotopic (exact) mass is 494 g/mol. The van der Waals surface area contributed by atoms with Crippen molar-refractivity contribution in [3.63, 3.8) is 0 Å².